The Hall–Kier alpha value is -1.61. The summed E-state index contributed by atoms with van der Waals surface area (Å²) >= 11 is 12.4. The average Bonchev–Trinajstić information content (AvgIpc) is 3.10. The molecule has 1 aromatic carbocycles. The van der Waals surface area contributed by atoms with Gasteiger partial charge in [0, 0.05) is 38.1 Å². The van der Waals surface area contributed by atoms with Crippen LogP contribution >= 0.6 is 23.2 Å². The number of aromatic nitrogens is 2. The molecular formula is C19H24Cl2N4O3S. The summed E-state index contributed by atoms with van der Waals surface area (Å²) in [5.41, 5.74) is 1.14. The van der Waals surface area contributed by atoms with Crippen molar-refractivity contribution in [2.75, 3.05) is 19.6 Å². The fraction of sp³-hybridized carbons (Fsp3) is 0.474. The molecule has 0 atom stereocenters. The molecule has 158 valence electrons. The molecule has 29 heavy (non-hydrogen) atoms. The smallest absolute Gasteiger partial charge is 0.252 e. The lowest BCUT2D eigenvalue weighted by atomic mass is 10.2. The number of benzene rings is 1. The molecule has 2 heterocycles. The molecular weight excluding hydrogens is 435 g/mol. The van der Waals surface area contributed by atoms with Gasteiger partial charge in [-0.25, -0.2) is 8.42 Å². The van der Waals surface area contributed by atoms with E-state index in [1.54, 1.807) is 6.20 Å². The summed E-state index contributed by atoms with van der Waals surface area (Å²) in [7, 11) is -3.77. The Morgan fingerprint density at radius 3 is 2.55 bits per heavy atom. The summed E-state index contributed by atoms with van der Waals surface area (Å²) in [6.45, 7) is 3.95. The minimum absolute atomic E-state index is 0.0197. The maximum atomic E-state index is 13.0. The van der Waals surface area contributed by atoms with E-state index in [0.717, 1.165) is 25.0 Å². The zero-order valence-electron chi connectivity index (χ0n) is 16.2. The molecule has 1 aliphatic heterocycles. The third-order valence-corrected chi connectivity index (χ3v) is 7.64. The Balaban J connectivity index is 1.71. The summed E-state index contributed by atoms with van der Waals surface area (Å²) in [6.07, 6.45) is 5.04. The molecule has 7 nitrogen and oxygen atoms in total. The first-order valence-electron chi connectivity index (χ1n) is 9.56. The molecule has 1 N–H and O–H groups in total. The van der Waals surface area contributed by atoms with Crippen molar-refractivity contribution < 1.29 is 13.2 Å². The molecule has 1 fully saturated rings. The fourth-order valence-electron chi connectivity index (χ4n) is 3.30. The normalized spacial score (nSPS) is 15.4. The van der Waals surface area contributed by atoms with Crippen molar-refractivity contribution in [2.45, 2.75) is 44.0 Å². The van der Waals surface area contributed by atoms with Crippen LogP contribution in [-0.4, -0.2) is 48.0 Å². The van der Waals surface area contributed by atoms with Crippen LogP contribution in [-0.2, 0) is 16.6 Å². The van der Waals surface area contributed by atoms with Crippen LogP contribution in [0.5, 0.6) is 0 Å². The molecule has 0 radical (unpaired) electrons. The summed E-state index contributed by atoms with van der Waals surface area (Å²) in [5, 5.41) is 7.12. The van der Waals surface area contributed by atoms with Crippen LogP contribution in [0.2, 0.25) is 10.0 Å². The molecule has 1 saturated heterocycles. The summed E-state index contributed by atoms with van der Waals surface area (Å²) in [6, 6.07) is 4.51. The molecule has 0 spiro atoms. The van der Waals surface area contributed by atoms with Gasteiger partial charge in [0.15, 0.2) is 0 Å². The number of amides is 1. The van der Waals surface area contributed by atoms with Crippen molar-refractivity contribution in [3.05, 3.63) is 45.7 Å². The third kappa shape index (κ3) is 5.12. The van der Waals surface area contributed by atoms with Crippen molar-refractivity contribution >= 4 is 39.1 Å². The van der Waals surface area contributed by atoms with Gasteiger partial charge in [-0.3, -0.25) is 9.48 Å². The molecule has 0 saturated carbocycles. The lowest BCUT2D eigenvalue weighted by molar-refractivity contribution is 0.0952. The number of rotatable bonds is 7. The summed E-state index contributed by atoms with van der Waals surface area (Å²) in [5.74, 6) is -0.432. The predicted molar refractivity (Wildman–Crippen MR) is 113 cm³/mol. The number of nitrogens with zero attached hydrogens (tertiary/aromatic N) is 3. The first kappa shape index (κ1) is 22.1. The van der Waals surface area contributed by atoms with Crippen LogP contribution in [0.15, 0.2) is 29.3 Å². The van der Waals surface area contributed by atoms with Gasteiger partial charge in [0.25, 0.3) is 5.91 Å². The quantitative estimate of drug-likeness (QED) is 0.643. The molecule has 1 amide bonds. The zero-order chi connectivity index (χ0) is 21.0. The highest BCUT2D eigenvalue weighted by Crippen LogP contribution is 2.31. The van der Waals surface area contributed by atoms with Crippen LogP contribution < -0.4 is 5.32 Å². The van der Waals surface area contributed by atoms with Gasteiger partial charge in [-0.2, -0.15) is 9.40 Å². The second-order valence-corrected chi connectivity index (χ2v) is 9.75. The van der Waals surface area contributed by atoms with Gasteiger partial charge in [-0.1, -0.05) is 29.6 Å². The number of hydrogen-bond donors (Lipinski definition) is 1. The maximum absolute atomic E-state index is 13.0. The van der Waals surface area contributed by atoms with E-state index >= 15 is 0 Å². The van der Waals surface area contributed by atoms with E-state index in [1.807, 2.05) is 17.7 Å². The first-order chi connectivity index (χ1) is 13.8. The van der Waals surface area contributed by atoms with Crippen LogP contribution in [0.25, 0.3) is 0 Å². The zero-order valence-corrected chi connectivity index (χ0v) is 18.5. The van der Waals surface area contributed by atoms with E-state index in [-0.39, 0.29) is 20.5 Å². The highest BCUT2D eigenvalue weighted by Gasteiger charge is 2.29. The lowest BCUT2D eigenvalue weighted by Gasteiger charge is -2.26. The Bertz CT molecular complexity index is 985. The van der Waals surface area contributed by atoms with E-state index in [4.69, 9.17) is 23.2 Å². The van der Waals surface area contributed by atoms with Gasteiger partial charge in [0.1, 0.15) is 4.90 Å². The van der Waals surface area contributed by atoms with E-state index in [0.29, 0.717) is 32.6 Å². The topological polar surface area (TPSA) is 84.3 Å². The van der Waals surface area contributed by atoms with Crippen LogP contribution in [0.3, 0.4) is 0 Å². The van der Waals surface area contributed by atoms with E-state index < -0.39 is 15.9 Å². The van der Waals surface area contributed by atoms with Gasteiger partial charge >= 0.3 is 0 Å². The summed E-state index contributed by atoms with van der Waals surface area (Å²) < 4.78 is 29.2. The highest BCUT2D eigenvalue weighted by molar-refractivity contribution is 7.89. The Morgan fingerprint density at radius 1 is 1.17 bits per heavy atom. The number of aryl methyl sites for hydroxylation is 2. The third-order valence-electron chi connectivity index (χ3n) is 4.96. The second kappa shape index (κ2) is 9.47. The number of halogens is 2. The van der Waals surface area contributed by atoms with Crippen molar-refractivity contribution in [2.24, 2.45) is 0 Å². The molecule has 1 aliphatic rings. The number of sulfonamides is 1. The molecule has 0 aliphatic carbocycles. The lowest BCUT2D eigenvalue weighted by Crippen LogP contribution is -2.36. The molecule has 3 rings (SSSR count). The number of hydrogen-bond acceptors (Lipinski definition) is 4. The van der Waals surface area contributed by atoms with Crippen molar-refractivity contribution in [3.63, 3.8) is 0 Å². The highest BCUT2D eigenvalue weighted by atomic mass is 35.5. The largest absolute Gasteiger partial charge is 0.352 e. The number of nitrogens with one attached hydrogen (secondary N) is 1. The molecule has 2 aromatic rings. The van der Waals surface area contributed by atoms with Crippen LogP contribution in [0.4, 0.5) is 0 Å². The number of carbonyl (C=O) groups excluding carboxylic acids is 1. The number of piperidine rings is 1. The van der Waals surface area contributed by atoms with Crippen molar-refractivity contribution in [3.8, 4) is 0 Å². The van der Waals surface area contributed by atoms with Gasteiger partial charge in [0.05, 0.1) is 15.6 Å². The second-order valence-electron chi connectivity index (χ2n) is 7.03. The van der Waals surface area contributed by atoms with Crippen molar-refractivity contribution in [1.82, 2.24) is 19.4 Å². The Morgan fingerprint density at radius 2 is 1.90 bits per heavy atom. The van der Waals surface area contributed by atoms with Crippen molar-refractivity contribution in [1.29, 1.82) is 0 Å². The minimum atomic E-state index is -3.77. The fourth-order valence-corrected chi connectivity index (χ4v) is 5.65. The molecule has 10 heteroatoms. The van der Waals surface area contributed by atoms with Gasteiger partial charge in [-0.15, -0.1) is 0 Å². The molecule has 1 aromatic heterocycles. The monoisotopic (exact) mass is 458 g/mol. The van der Waals surface area contributed by atoms with Crippen LogP contribution in [0, 0.1) is 6.92 Å². The first-order valence-corrected chi connectivity index (χ1v) is 11.8. The van der Waals surface area contributed by atoms with Gasteiger partial charge in [-0.05, 0) is 44.4 Å². The van der Waals surface area contributed by atoms with Crippen LogP contribution in [0.1, 0.15) is 41.7 Å². The van der Waals surface area contributed by atoms with Gasteiger partial charge in [0.2, 0.25) is 10.0 Å². The molecule has 0 unspecified atom stereocenters. The number of carbonyl (C=O) groups is 1. The van der Waals surface area contributed by atoms with E-state index in [9.17, 15) is 13.2 Å². The molecule has 0 bridgehead atoms. The average molecular weight is 459 g/mol. The predicted octanol–water partition coefficient (Wildman–Crippen LogP) is 3.49. The Labute approximate surface area is 181 Å². The SMILES string of the molecule is Cc1ccnn1CCCNC(=O)c1cc(S(=O)(=O)N2CCCCC2)c(Cl)cc1Cl. The van der Waals surface area contributed by atoms with E-state index in [2.05, 4.69) is 10.4 Å². The van der Waals surface area contributed by atoms with Gasteiger partial charge < -0.3 is 5.32 Å². The Kier molecular flexibility index (Phi) is 7.21. The minimum Gasteiger partial charge on any atom is -0.352 e. The summed E-state index contributed by atoms with van der Waals surface area (Å²) in [4.78, 5) is 12.5. The maximum Gasteiger partial charge on any atom is 0.252 e. The standard InChI is InChI=1S/C19H24Cl2N4O3S/c1-14-6-8-23-25(14)11-5-7-22-19(26)15-12-18(17(21)13-16(15)20)29(27,28)24-9-3-2-4-10-24/h6,8,12-13H,2-5,7,9-11H2,1H3,(H,22,26). The van der Waals surface area contributed by atoms with E-state index in [1.165, 1.54) is 16.4 Å².